The van der Waals surface area contributed by atoms with Crippen molar-refractivity contribution in [2.24, 2.45) is 0 Å². The molecule has 4 heteroatoms. The van der Waals surface area contributed by atoms with Gasteiger partial charge in [0.2, 0.25) is 0 Å². The van der Waals surface area contributed by atoms with Crippen molar-refractivity contribution < 1.29 is 8.78 Å². The highest BCUT2D eigenvalue weighted by Gasteiger charge is 2.16. The lowest BCUT2D eigenvalue weighted by atomic mass is 10.1. The molecule has 0 aromatic carbocycles. The van der Waals surface area contributed by atoms with Gasteiger partial charge in [-0.15, -0.1) is 0 Å². The Bertz CT molecular complexity index is 299. The van der Waals surface area contributed by atoms with Crippen molar-refractivity contribution in [2.75, 3.05) is 0 Å². The summed E-state index contributed by atoms with van der Waals surface area (Å²) in [5.41, 5.74) is 1.15. The van der Waals surface area contributed by atoms with Gasteiger partial charge >= 0.3 is 0 Å². The van der Waals surface area contributed by atoms with E-state index in [2.05, 4.69) is 20.9 Å². The minimum absolute atomic E-state index is 0.0440. The fraction of sp³-hybridized carbons (Fsp3) is 0.375. The first-order valence-corrected chi connectivity index (χ1v) is 4.23. The summed E-state index contributed by atoms with van der Waals surface area (Å²) >= 11 is 3.09. The predicted octanol–water partition coefficient (Wildman–Crippen LogP) is 3.40. The summed E-state index contributed by atoms with van der Waals surface area (Å²) in [6.07, 6.45) is -0.984. The van der Waals surface area contributed by atoms with Crippen LogP contribution in [0.4, 0.5) is 8.78 Å². The van der Waals surface area contributed by atoms with Gasteiger partial charge in [0.05, 0.1) is 5.69 Å². The minimum Gasteiger partial charge on any atom is -0.260 e. The van der Waals surface area contributed by atoms with E-state index < -0.39 is 6.43 Å². The van der Waals surface area contributed by atoms with Gasteiger partial charge in [-0.25, -0.2) is 8.78 Å². The second-order valence-corrected chi connectivity index (χ2v) is 3.35. The second kappa shape index (κ2) is 3.47. The summed E-state index contributed by atoms with van der Waals surface area (Å²) in [5.74, 6) is 0. The molecule has 0 unspecified atom stereocenters. The summed E-state index contributed by atoms with van der Waals surface area (Å²) in [5, 5.41) is 0. The molecule has 0 N–H and O–H groups in total. The van der Waals surface area contributed by atoms with E-state index in [-0.39, 0.29) is 5.56 Å². The van der Waals surface area contributed by atoms with Gasteiger partial charge < -0.3 is 0 Å². The molecule has 12 heavy (non-hydrogen) atoms. The highest BCUT2D eigenvalue weighted by atomic mass is 79.9. The van der Waals surface area contributed by atoms with Crippen LogP contribution in [-0.2, 0) is 0 Å². The molecule has 0 bridgehead atoms. The molecule has 0 atom stereocenters. The number of aryl methyl sites for hydroxylation is 2. The average Bonchev–Trinajstić information content (AvgIpc) is 1.97. The molecular weight excluding hydrogens is 228 g/mol. The predicted molar refractivity (Wildman–Crippen MR) is 46.4 cm³/mol. The largest absolute Gasteiger partial charge is 0.265 e. The van der Waals surface area contributed by atoms with Gasteiger partial charge in [0.1, 0.15) is 0 Å². The molecule has 1 aromatic heterocycles. The van der Waals surface area contributed by atoms with Gasteiger partial charge in [-0.1, -0.05) is 0 Å². The average molecular weight is 236 g/mol. The molecule has 0 amide bonds. The molecule has 0 aliphatic carbocycles. The molecular formula is C8H8BrF2N. The van der Waals surface area contributed by atoms with E-state index in [9.17, 15) is 8.78 Å². The number of rotatable bonds is 1. The summed E-state index contributed by atoms with van der Waals surface area (Å²) in [6.45, 7) is 3.31. The number of hydrogen-bond donors (Lipinski definition) is 0. The van der Waals surface area contributed by atoms with Crippen molar-refractivity contribution in [3.63, 3.8) is 0 Å². The van der Waals surface area contributed by atoms with Crippen molar-refractivity contribution in [1.29, 1.82) is 0 Å². The van der Waals surface area contributed by atoms with Gasteiger partial charge in [0.15, 0.2) is 0 Å². The molecule has 0 saturated heterocycles. The molecule has 66 valence electrons. The standard InChI is InChI=1S/C8H8BrF2N/c1-4-3-12-5(2)7(9)6(4)8(10)11/h3,8H,1-2H3. The topological polar surface area (TPSA) is 12.9 Å². The quantitative estimate of drug-likeness (QED) is 0.728. The molecule has 0 fully saturated rings. The van der Waals surface area contributed by atoms with Crippen LogP contribution >= 0.6 is 15.9 Å². The van der Waals surface area contributed by atoms with Crippen LogP contribution in [0.5, 0.6) is 0 Å². The molecule has 0 aliphatic rings. The number of halogens is 3. The van der Waals surface area contributed by atoms with Gasteiger partial charge in [0.25, 0.3) is 6.43 Å². The fourth-order valence-electron chi connectivity index (χ4n) is 0.956. The lowest BCUT2D eigenvalue weighted by molar-refractivity contribution is 0.149. The molecule has 0 spiro atoms. The van der Waals surface area contributed by atoms with E-state index in [1.54, 1.807) is 13.8 Å². The van der Waals surface area contributed by atoms with Crippen LogP contribution in [-0.4, -0.2) is 4.98 Å². The highest BCUT2D eigenvalue weighted by Crippen LogP contribution is 2.31. The lowest BCUT2D eigenvalue weighted by Gasteiger charge is -2.08. The van der Waals surface area contributed by atoms with Gasteiger partial charge in [-0.3, -0.25) is 4.98 Å². The number of alkyl halides is 2. The molecule has 0 radical (unpaired) electrons. The molecule has 1 heterocycles. The first-order valence-electron chi connectivity index (χ1n) is 3.43. The third-order valence-electron chi connectivity index (χ3n) is 1.65. The minimum atomic E-state index is -2.44. The zero-order valence-electron chi connectivity index (χ0n) is 6.74. The van der Waals surface area contributed by atoms with Crippen LogP contribution in [0.25, 0.3) is 0 Å². The van der Waals surface area contributed by atoms with Crippen LogP contribution < -0.4 is 0 Å². The van der Waals surface area contributed by atoms with Crippen LogP contribution in [0, 0.1) is 13.8 Å². The Morgan fingerprint density at radius 2 is 2.00 bits per heavy atom. The van der Waals surface area contributed by atoms with Crippen LogP contribution in [0.1, 0.15) is 23.2 Å². The zero-order valence-corrected chi connectivity index (χ0v) is 8.32. The Hall–Kier alpha value is -0.510. The zero-order chi connectivity index (χ0) is 9.30. The van der Waals surface area contributed by atoms with Crippen LogP contribution in [0.15, 0.2) is 10.7 Å². The summed E-state index contributed by atoms with van der Waals surface area (Å²) in [6, 6.07) is 0. The Labute approximate surface area is 77.9 Å². The number of pyridine rings is 1. The molecule has 0 aliphatic heterocycles. The first kappa shape index (κ1) is 9.58. The molecule has 1 aromatic rings. The number of hydrogen-bond acceptors (Lipinski definition) is 1. The first-order chi connectivity index (χ1) is 5.54. The fourth-order valence-corrected chi connectivity index (χ4v) is 1.54. The summed E-state index contributed by atoms with van der Waals surface area (Å²) < 4.78 is 25.2. The van der Waals surface area contributed by atoms with E-state index in [4.69, 9.17) is 0 Å². The Morgan fingerprint density at radius 1 is 1.42 bits per heavy atom. The van der Waals surface area contributed by atoms with Crippen molar-refractivity contribution in [3.05, 3.63) is 27.5 Å². The normalized spacial score (nSPS) is 10.8. The monoisotopic (exact) mass is 235 g/mol. The van der Waals surface area contributed by atoms with E-state index in [0.29, 0.717) is 15.7 Å². The van der Waals surface area contributed by atoms with Gasteiger partial charge in [-0.2, -0.15) is 0 Å². The summed E-state index contributed by atoms with van der Waals surface area (Å²) in [7, 11) is 0. The maximum atomic E-state index is 12.4. The third kappa shape index (κ3) is 1.63. The lowest BCUT2D eigenvalue weighted by Crippen LogP contribution is -1.96. The third-order valence-corrected chi connectivity index (χ3v) is 2.65. The van der Waals surface area contributed by atoms with E-state index >= 15 is 0 Å². The van der Waals surface area contributed by atoms with Crippen molar-refractivity contribution >= 4 is 15.9 Å². The molecule has 1 nitrogen and oxygen atoms in total. The Kier molecular flexibility index (Phi) is 2.77. The molecule has 1 rings (SSSR count). The van der Waals surface area contributed by atoms with Crippen molar-refractivity contribution in [2.45, 2.75) is 20.3 Å². The van der Waals surface area contributed by atoms with E-state index in [0.717, 1.165) is 0 Å². The van der Waals surface area contributed by atoms with Crippen molar-refractivity contribution in [3.8, 4) is 0 Å². The number of nitrogens with zero attached hydrogens (tertiary/aromatic N) is 1. The second-order valence-electron chi connectivity index (χ2n) is 2.55. The van der Waals surface area contributed by atoms with Crippen molar-refractivity contribution in [1.82, 2.24) is 4.98 Å². The Balaban J connectivity index is 3.33. The maximum absolute atomic E-state index is 12.4. The Morgan fingerprint density at radius 3 is 2.42 bits per heavy atom. The molecule has 0 saturated carbocycles. The maximum Gasteiger partial charge on any atom is 0.265 e. The smallest absolute Gasteiger partial charge is 0.260 e. The SMILES string of the molecule is Cc1cnc(C)c(Br)c1C(F)F. The van der Waals surface area contributed by atoms with Gasteiger partial charge in [-0.05, 0) is 35.3 Å². The highest BCUT2D eigenvalue weighted by molar-refractivity contribution is 9.10. The summed E-state index contributed by atoms with van der Waals surface area (Å²) in [4.78, 5) is 3.94. The van der Waals surface area contributed by atoms with Gasteiger partial charge in [0, 0.05) is 16.2 Å². The van der Waals surface area contributed by atoms with Crippen LogP contribution in [0.2, 0.25) is 0 Å². The van der Waals surface area contributed by atoms with E-state index in [1.165, 1.54) is 6.20 Å². The van der Waals surface area contributed by atoms with Crippen LogP contribution in [0.3, 0.4) is 0 Å². The number of aromatic nitrogens is 1. The van der Waals surface area contributed by atoms with E-state index in [1.807, 2.05) is 0 Å².